The first-order valence-electron chi connectivity index (χ1n) is 5.09. The average Bonchev–Trinajstić information content (AvgIpc) is 2.80. The second-order valence-electron chi connectivity index (χ2n) is 3.48. The summed E-state index contributed by atoms with van der Waals surface area (Å²) in [5, 5.41) is 13.0. The van der Waals surface area contributed by atoms with Crippen molar-refractivity contribution in [2.45, 2.75) is 13.1 Å². The van der Waals surface area contributed by atoms with Crippen molar-refractivity contribution in [1.82, 2.24) is 14.3 Å². The van der Waals surface area contributed by atoms with Gasteiger partial charge in [-0.1, -0.05) is 6.07 Å². The topological polar surface area (TPSA) is 77.1 Å². The lowest BCUT2D eigenvalue weighted by Crippen LogP contribution is -2.26. The minimum Gasteiger partial charge on any atom is -0.477 e. The van der Waals surface area contributed by atoms with Crippen LogP contribution in [0.4, 0.5) is 0 Å². The second-order valence-corrected chi connectivity index (χ2v) is 3.48. The third-order valence-electron chi connectivity index (χ3n) is 2.38. The Morgan fingerprint density at radius 1 is 1.29 bits per heavy atom. The molecule has 6 nitrogen and oxygen atoms in total. The predicted molar refractivity (Wildman–Crippen MR) is 59.9 cm³/mol. The van der Waals surface area contributed by atoms with Gasteiger partial charge in [0.05, 0.1) is 6.54 Å². The number of carboxylic acid groups (broad SMARTS) is 1. The number of aryl methyl sites for hydroxylation is 1. The van der Waals surface area contributed by atoms with Crippen LogP contribution in [0.25, 0.3) is 0 Å². The fraction of sp³-hybridized carbons (Fsp3) is 0.182. The van der Waals surface area contributed by atoms with Crippen molar-refractivity contribution in [1.29, 1.82) is 0 Å². The Kier molecular flexibility index (Phi) is 3.04. The first kappa shape index (κ1) is 11.1. The molecule has 2 aromatic rings. The van der Waals surface area contributed by atoms with Gasteiger partial charge >= 0.3 is 5.97 Å². The van der Waals surface area contributed by atoms with Crippen molar-refractivity contribution in [2.24, 2.45) is 0 Å². The second kappa shape index (κ2) is 4.65. The smallest absolute Gasteiger partial charge is 0.352 e. The van der Waals surface area contributed by atoms with Gasteiger partial charge in [-0.2, -0.15) is 5.10 Å². The van der Waals surface area contributed by atoms with Crippen LogP contribution in [0.2, 0.25) is 0 Å². The third kappa shape index (κ3) is 2.41. The molecule has 0 spiro atoms. The van der Waals surface area contributed by atoms with Crippen LogP contribution in [0.3, 0.4) is 0 Å². The zero-order valence-electron chi connectivity index (χ0n) is 8.98. The molecule has 0 amide bonds. The van der Waals surface area contributed by atoms with Crippen molar-refractivity contribution in [3.05, 3.63) is 52.7 Å². The number of aromatic nitrogens is 3. The van der Waals surface area contributed by atoms with E-state index in [1.165, 1.54) is 22.8 Å². The van der Waals surface area contributed by atoms with Gasteiger partial charge in [0.25, 0.3) is 5.56 Å². The van der Waals surface area contributed by atoms with Crippen LogP contribution in [-0.2, 0) is 13.1 Å². The van der Waals surface area contributed by atoms with Crippen LogP contribution in [-0.4, -0.2) is 25.4 Å². The number of pyridine rings is 1. The first-order chi connectivity index (χ1) is 8.18. The lowest BCUT2D eigenvalue weighted by Gasteiger charge is -2.09. The quantitative estimate of drug-likeness (QED) is 0.831. The van der Waals surface area contributed by atoms with Crippen LogP contribution in [0, 0.1) is 0 Å². The van der Waals surface area contributed by atoms with Gasteiger partial charge in [0.1, 0.15) is 5.69 Å². The number of carbonyl (C=O) groups is 1. The molecule has 0 saturated carbocycles. The van der Waals surface area contributed by atoms with Crippen molar-refractivity contribution >= 4 is 5.97 Å². The number of rotatable bonds is 4. The molecule has 2 rings (SSSR count). The van der Waals surface area contributed by atoms with E-state index in [0.29, 0.717) is 6.54 Å². The Hall–Kier alpha value is -2.37. The molecular weight excluding hydrogens is 222 g/mol. The molecule has 0 atom stereocenters. The molecule has 6 heteroatoms. The summed E-state index contributed by atoms with van der Waals surface area (Å²) >= 11 is 0. The summed E-state index contributed by atoms with van der Waals surface area (Å²) in [6, 6.07) is 5.96. The van der Waals surface area contributed by atoms with Gasteiger partial charge in [-0.05, 0) is 12.1 Å². The fourth-order valence-electron chi connectivity index (χ4n) is 1.57. The summed E-state index contributed by atoms with van der Waals surface area (Å²) < 4.78 is 2.87. The van der Waals surface area contributed by atoms with Gasteiger partial charge in [-0.15, -0.1) is 0 Å². The minimum absolute atomic E-state index is 0.00958. The van der Waals surface area contributed by atoms with E-state index in [-0.39, 0.29) is 17.8 Å². The molecule has 0 aliphatic heterocycles. The maximum Gasteiger partial charge on any atom is 0.352 e. The largest absolute Gasteiger partial charge is 0.477 e. The first-order valence-corrected chi connectivity index (χ1v) is 5.09. The van der Waals surface area contributed by atoms with Gasteiger partial charge in [0.15, 0.2) is 0 Å². The molecule has 0 saturated heterocycles. The third-order valence-corrected chi connectivity index (χ3v) is 2.38. The summed E-state index contributed by atoms with van der Waals surface area (Å²) in [7, 11) is 0. The summed E-state index contributed by atoms with van der Waals surface area (Å²) in [6.07, 6.45) is 3.39. The van der Waals surface area contributed by atoms with E-state index in [4.69, 9.17) is 5.11 Å². The summed E-state index contributed by atoms with van der Waals surface area (Å²) in [4.78, 5) is 22.5. The monoisotopic (exact) mass is 233 g/mol. The summed E-state index contributed by atoms with van der Waals surface area (Å²) in [5.74, 6) is -1.11. The van der Waals surface area contributed by atoms with Gasteiger partial charge in [-0.25, -0.2) is 4.79 Å². The summed E-state index contributed by atoms with van der Waals surface area (Å²) in [5.41, 5.74) is -0.332. The zero-order chi connectivity index (χ0) is 12.3. The van der Waals surface area contributed by atoms with Gasteiger partial charge in [0, 0.05) is 25.0 Å². The van der Waals surface area contributed by atoms with E-state index in [2.05, 4.69) is 5.10 Å². The number of aromatic carboxylic acids is 1. The van der Waals surface area contributed by atoms with Crippen LogP contribution in [0.15, 0.2) is 41.5 Å². The van der Waals surface area contributed by atoms with Crippen molar-refractivity contribution in [3.8, 4) is 0 Å². The predicted octanol–water partition coefficient (Wildman–Crippen LogP) is 0.443. The maximum absolute atomic E-state index is 11.6. The van der Waals surface area contributed by atoms with Crippen LogP contribution >= 0.6 is 0 Å². The van der Waals surface area contributed by atoms with Crippen molar-refractivity contribution < 1.29 is 9.90 Å². The Morgan fingerprint density at radius 3 is 2.76 bits per heavy atom. The van der Waals surface area contributed by atoms with E-state index in [1.807, 2.05) is 0 Å². The number of hydrogen-bond donors (Lipinski definition) is 1. The zero-order valence-corrected chi connectivity index (χ0v) is 8.98. The highest BCUT2D eigenvalue weighted by atomic mass is 16.4. The molecular formula is C11H11N3O3. The number of carboxylic acids is 1. The van der Waals surface area contributed by atoms with Crippen molar-refractivity contribution in [2.75, 3.05) is 0 Å². The van der Waals surface area contributed by atoms with E-state index in [9.17, 15) is 9.59 Å². The van der Waals surface area contributed by atoms with E-state index >= 15 is 0 Å². The highest BCUT2D eigenvalue weighted by Gasteiger charge is 2.09. The highest BCUT2D eigenvalue weighted by Crippen LogP contribution is 1.97. The summed E-state index contributed by atoms with van der Waals surface area (Å²) in [6.45, 7) is 0.736. The van der Waals surface area contributed by atoms with E-state index < -0.39 is 5.97 Å². The maximum atomic E-state index is 11.6. The lowest BCUT2D eigenvalue weighted by molar-refractivity contribution is 0.0683. The van der Waals surface area contributed by atoms with Crippen LogP contribution in [0.5, 0.6) is 0 Å². The van der Waals surface area contributed by atoms with Gasteiger partial charge in [-0.3, -0.25) is 9.48 Å². The molecule has 17 heavy (non-hydrogen) atoms. The molecule has 0 aromatic carbocycles. The molecule has 0 radical (unpaired) electrons. The number of hydrogen-bond acceptors (Lipinski definition) is 3. The molecule has 0 fully saturated rings. The SMILES string of the molecule is O=C(O)c1cccc(=O)n1CCn1cccn1. The van der Waals surface area contributed by atoms with Gasteiger partial charge < -0.3 is 9.67 Å². The Labute approximate surface area is 96.7 Å². The molecule has 2 aromatic heterocycles. The van der Waals surface area contributed by atoms with Crippen molar-refractivity contribution in [3.63, 3.8) is 0 Å². The Morgan fingerprint density at radius 2 is 2.12 bits per heavy atom. The molecule has 0 aliphatic carbocycles. The van der Waals surface area contributed by atoms with E-state index in [0.717, 1.165) is 0 Å². The fourth-order valence-corrected chi connectivity index (χ4v) is 1.57. The normalized spacial score (nSPS) is 10.4. The Bertz CT molecular complexity index is 572. The Balaban J connectivity index is 2.25. The lowest BCUT2D eigenvalue weighted by atomic mass is 10.3. The van der Waals surface area contributed by atoms with Crippen LogP contribution < -0.4 is 5.56 Å². The van der Waals surface area contributed by atoms with Gasteiger partial charge in [0.2, 0.25) is 0 Å². The highest BCUT2D eigenvalue weighted by molar-refractivity contribution is 5.85. The molecule has 0 unspecified atom stereocenters. The molecule has 2 heterocycles. The van der Waals surface area contributed by atoms with Crippen LogP contribution in [0.1, 0.15) is 10.5 Å². The minimum atomic E-state index is -1.11. The molecule has 1 N–H and O–H groups in total. The molecule has 88 valence electrons. The molecule has 0 bridgehead atoms. The number of nitrogens with zero attached hydrogens (tertiary/aromatic N) is 3. The standard InChI is InChI=1S/C11H11N3O3/c15-10-4-1-3-9(11(16)17)14(10)8-7-13-6-2-5-12-13/h1-6H,7-8H2,(H,16,17). The molecule has 0 aliphatic rings. The average molecular weight is 233 g/mol. The van der Waals surface area contributed by atoms with E-state index in [1.54, 1.807) is 23.1 Å².